The second kappa shape index (κ2) is 3.70. The molecule has 0 atom stereocenters. The van der Waals surface area contributed by atoms with E-state index in [1.54, 1.807) is 0 Å². The Morgan fingerprint density at radius 3 is 3.00 bits per heavy atom. The largest absolute Gasteiger partial charge is 0.372 e. The highest BCUT2D eigenvalue weighted by Crippen LogP contribution is 2.24. The van der Waals surface area contributed by atoms with Crippen LogP contribution >= 0.6 is 22.6 Å². The molecule has 1 heterocycles. The van der Waals surface area contributed by atoms with Gasteiger partial charge in [-0.25, -0.2) is 4.98 Å². The normalized spacial score (nSPS) is 16.4. The van der Waals surface area contributed by atoms with E-state index in [4.69, 9.17) is 4.74 Å². The van der Waals surface area contributed by atoms with Crippen LogP contribution in [0.2, 0.25) is 0 Å². The van der Waals surface area contributed by atoms with Gasteiger partial charge >= 0.3 is 0 Å². The summed E-state index contributed by atoms with van der Waals surface area (Å²) in [4.78, 5) is 4.33. The number of ether oxygens (including phenoxy) is 1. The molecule has 1 aromatic rings. The molecule has 1 saturated carbocycles. The molecule has 0 radical (unpaired) electrons. The summed E-state index contributed by atoms with van der Waals surface area (Å²) in [5, 5.41) is 0. The summed E-state index contributed by atoms with van der Waals surface area (Å²) in [6.07, 6.45) is 2.97. The van der Waals surface area contributed by atoms with Crippen molar-refractivity contribution in [3.63, 3.8) is 0 Å². The van der Waals surface area contributed by atoms with Gasteiger partial charge in [-0.1, -0.05) is 6.07 Å². The summed E-state index contributed by atoms with van der Waals surface area (Å²) >= 11 is 2.21. The average Bonchev–Trinajstić information content (AvgIpc) is 2.84. The first-order chi connectivity index (χ1) is 5.84. The molecule has 2 rings (SSSR count). The molecule has 1 fully saturated rings. The van der Waals surface area contributed by atoms with E-state index in [0.717, 1.165) is 9.39 Å². The van der Waals surface area contributed by atoms with E-state index in [0.29, 0.717) is 12.7 Å². The van der Waals surface area contributed by atoms with Crippen LogP contribution in [0.3, 0.4) is 0 Å². The molecule has 0 aliphatic heterocycles. The number of hydrogen-bond acceptors (Lipinski definition) is 2. The van der Waals surface area contributed by atoms with Gasteiger partial charge in [0.25, 0.3) is 0 Å². The second-order valence-corrected chi connectivity index (χ2v) is 4.07. The average molecular weight is 275 g/mol. The van der Waals surface area contributed by atoms with Crippen molar-refractivity contribution in [2.75, 3.05) is 0 Å². The first-order valence-electron chi connectivity index (χ1n) is 4.07. The van der Waals surface area contributed by atoms with Crippen LogP contribution < -0.4 is 0 Å². The van der Waals surface area contributed by atoms with E-state index in [2.05, 4.69) is 27.6 Å². The lowest BCUT2D eigenvalue weighted by atomic mass is 10.4. The molecule has 0 saturated heterocycles. The third kappa shape index (κ3) is 2.42. The zero-order valence-electron chi connectivity index (χ0n) is 6.66. The van der Waals surface area contributed by atoms with Crippen molar-refractivity contribution in [3.05, 3.63) is 27.6 Å². The Balaban J connectivity index is 1.92. The predicted octanol–water partition coefficient (Wildman–Crippen LogP) is 2.37. The monoisotopic (exact) mass is 275 g/mol. The molecule has 0 bridgehead atoms. The minimum absolute atomic E-state index is 0.518. The van der Waals surface area contributed by atoms with Crippen LogP contribution in [0.25, 0.3) is 0 Å². The van der Waals surface area contributed by atoms with E-state index in [-0.39, 0.29) is 0 Å². The molecule has 64 valence electrons. The molecule has 1 aliphatic rings. The quantitative estimate of drug-likeness (QED) is 0.624. The van der Waals surface area contributed by atoms with Gasteiger partial charge in [0.1, 0.15) is 3.70 Å². The first kappa shape index (κ1) is 8.44. The van der Waals surface area contributed by atoms with Crippen LogP contribution in [0.1, 0.15) is 18.5 Å². The van der Waals surface area contributed by atoms with E-state index in [1.165, 1.54) is 12.8 Å². The molecule has 0 spiro atoms. The summed E-state index contributed by atoms with van der Waals surface area (Å²) in [6.45, 7) is 0.668. The number of aromatic nitrogens is 1. The number of hydrogen-bond donors (Lipinski definition) is 0. The molecule has 12 heavy (non-hydrogen) atoms. The highest BCUT2D eigenvalue weighted by Gasteiger charge is 2.21. The van der Waals surface area contributed by atoms with Gasteiger partial charge in [-0.15, -0.1) is 0 Å². The number of halogens is 1. The Bertz CT molecular complexity index is 273. The molecule has 0 amide bonds. The van der Waals surface area contributed by atoms with Gasteiger partial charge in [-0.05, 0) is 47.6 Å². The Labute approximate surface area is 85.5 Å². The van der Waals surface area contributed by atoms with Gasteiger partial charge in [0.2, 0.25) is 0 Å². The Morgan fingerprint density at radius 2 is 2.33 bits per heavy atom. The van der Waals surface area contributed by atoms with Crippen molar-refractivity contribution in [2.45, 2.75) is 25.6 Å². The SMILES string of the molecule is Ic1cccc(COC2CC2)n1. The maximum Gasteiger partial charge on any atom is 0.101 e. The smallest absolute Gasteiger partial charge is 0.101 e. The van der Waals surface area contributed by atoms with Gasteiger partial charge in [0, 0.05) is 0 Å². The van der Waals surface area contributed by atoms with E-state index >= 15 is 0 Å². The predicted molar refractivity (Wildman–Crippen MR) is 54.8 cm³/mol. The number of nitrogens with zero attached hydrogens (tertiary/aromatic N) is 1. The second-order valence-electron chi connectivity index (χ2n) is 2.96. The summed E-state index contributed by atoms with van der Waals surface area (Å²) in [5.41, 5.74) is 1.04. The molecule has 2 nitrogen and oxygen atoms in total. The summed E-state index contributed by atoms with van der Waals surface area (Å²) < 4.78 is 6.56. The molecule has 3 heteroatoms. The third-order valence-electron chi connectivity index (χ3n) is 1.76. The first-order valence-corrected chi connectivity index (χ1v) is 5.15. The molecule has 1 aromatic heterocycles. The van der Waals surface area contributed by atoms with Crippen molar-refractivity contribution in [1.82, 2.24) is 4.98 Å². The summed E-state index contributed by atoms with van der Waals surface area (Å²) in [5.74, 6) is 0. The summed E-state index contributed by atoms with van der Waals surface area (Å²) in [6, 6.07) is 6.01. The summed E-state index contributed by atoms with van der Waals surface area (Å²) in [7, 11) is 0. The van der Waals surface area contributed by atoms with Gasteiger partial charge in [-0.3, -0.25) is 0 Å². The van der Waals surface area contributed by atoms with Gasteiger partial charge in [-0.2, -0.15) is 0 Å². The molecule has 0 N–H and O–H groups in total. The fourth-order valence-electron chi connectivity index (χ4n) is 0.969. The lowest BCUT2D eigenvalue weighted by Gasteiger charge is -2.01. The highest BCUT2D eigenvalue weighted by atomic mass is 127. The fraction of sp³-hybridized carbons (Fsp3) is 0.444. The van der Waals surface area contributed by atoms with Gasteiger partial charge in [0.05, 0.1) is 18.4 Å². The van der Waals surface area contributed by atoms with E-state index in [1.807, 2.05) is 18.2 Å². The number of pyridine rings is 1. The van der Waals surface area contributed by atoms with Crippen LogP contribution in [0.4, 0.5) is 0 Å². The molecular weight excluding hydrogens is 265 g/mol. The van der Waals surface area contributed by atoms with Crippen LogP contribution in [0, 0.1) is 3.70 Å². The Morgan fingerprint density at radius 1 is 1.50 bits per heavy atom. The minimum Gasteiger partial charge on any atom is -0.372 e. The van der Waals surface area contributed by atoms with Crippen LogP contribution in [0.15, 0.2) is 18.2 Å². The van der Waals surface area contributed by atoms with Gasteiger partial charge < -0.3 is 4.74 Å². The van der Waals surface area contributed by atoms with Crippen molar-refractivity contribution in [1.29, 1.82) is 0 Å². The fourth-order valence-corrected chi connectivity index (χ4v) is 1.49. The van der Waals surface area contributed by atoms with Crippen molar-refractivity contribution in [3.8, 4) is 0 Å². The van der Waals surface area contributed by atoms with Crippen LogP contribution in [-0.2, 0) is 11.3 Å². The topological polar surface area (TPSA) is 22.1 Å². The molecule has 0 aromatic carbocycles. The zero-order valence-corrected chi connectivity index (χ0v) is 8.82. The maximum absolute atomic E-state index is 5.53. The van der Waals surface area contributed by atoms with Crippen molar-refractivity contribution >= 4 is 22.6 Å². The van der Waals surface area contributed by atoms with Crippen LogP contribution in [-0.4, -0.2) is 11.1 Å². The third-order valence-corrected chi connectivity index (χ3v) is 2.36. The zero-order chi connectivity index (χ0) is 8.39. The Kier molecular flexibility index (Phi) is 2.60. The Hall–Kier alpha value is -0.160. The standard InChI is InChI=1S/C9H10INO/c10-9-3-1-2-7(11-9)6-12-8-4-5-8/h1-3,8H,4-6H2. The maximum atomic E-state index is 5.53. The number of rotatable bonds is 3. The molecule has 0 unspecified atom stereocenters. The highest BCUT2D eigenvalue weighted by molar-refractivity contribution is 14.1. The van der Waals surface area contributed by atoms with Crippen LogP contribution in [0.5, 0.6) is 0 Å². The van der Waals surface area contributed by atoms with Crippen molar-refractivity contribution in [2.24, 2.45) is 0 Å². The lowest BCUT2D eigenvalue weighted by Crippen LogP contribution is -1.97. The molecular formula is C9H10INO. The van der Waals surface area contributed by atoms with Gasteiger partial charge in [0.15, 0.2) is 0 Å². The minimum atomic E-state index is 0.518. The molecule has 1 aliphatic carbocycles. The van der Waals surface area contributed by atoms with E-state index < -0.39 is 0 Å². The lowest BCUT2D eigenvalue weighted by molar-refractivity contribution is 0.103. The van der Waals surface area contributed by atoms with Crippen molar-refractivity contribution < 1.29 is 4.74 Å². The van der Waals surface area contributed by atoms with E-state index in [9.17, 15) is 0 Å².